The zero-order chi connectivity index (χ0) is 20.5. The molecule has 1 aliphatic rings. The lowest BCUT2D eigenvalue weighted by Gasteiger charge is -2.38. The quantitative estimate of drug-likeness (QED) is 0.590. The molecule has 1 saturated heterocycles. The zero-order valence-electron chi connectivity index (χ0n) is 14.1. The highest BCUT2D eigenvalue weighted by atomic mass is 35.5. The first kappa shape index (κ1) is 19.9. The molecule has 1 fully saturated rings. The molecule has 1 aromatic carbocycles. The monoisotopic (exact) mass is 416 g/mol. The minimum atomic E-state index is -4.44. The Morgan fingerprint density at radius 1 is 1.29 bits per heavy atom. The highest BCUT2D eigenvalue weighted by molar-refractivity contribution is 6.29. The van der Waals surface area contributed by atoms with E-state index in [1.807, 2.05) is 0 Å². The average Bonchev–Trinajstić information content (AvgIpc) is 2.59. The van der Waals surface area contributed by atoms with Crippen LogP contribution in [0.2, 0.25) is 5.15 Å². The van der Waals surface area contributed by atoms with Crippen LogP contribution in [-0.4, -0.2) is 40.0 Å². The number of hydrogen-bond acceptors (Lipinski definition) is 5. The maximum atomic E-state index is 12.8. The van der Waals surface area contributed by atoms with Gasteiger partial charge in [0.25, 0.3) is 11.8 Å². The Kier molecular flexibility index (Phi) is 5.41. The van der Waals surface area contributed by atoms with Crippen LogP contribution in [0.4, 0.5) is 29.1 Å². The second-order valence-electron chi connectivity index (χ2n) is 5.90. The number of nitrogens with zero attached hydrogens (tertiary/aromatic N) is 3. The molecule has 0 radical (unpaired) electrons. The van der Waals surface area contributed by atoms with E-state index in [-0.39, 0.29) is 29.9 Å². The van der Waals surface area contributed by atoms with Crippen LogP contribution >= 0.6 is 11.6 Å². The third kappa shape index (κ3) is 4.50. The summed E-state index contributed by atoms with van der Waals surface area (Å²) in [5.41, 5.74) is -0.459. The van der Waals surface area contributed by atoms with E-state index in [1.165, 1.54) is 23.2 Å². The molecule has 1 aromatic heterocycles. The van der Waals surface area contributed by atoms with Crippen LogP contribution in [0.25, 0.3) is 0 Å². The molecule has 0 bridgehead atoms. The molecule has 1 N–H and O–H groups in total. The van der Waals surface area contributed by atoms with Crippen LogP contribution in [0.15, 0.2) is 42.9 Å². The molecule has 0 spiro atoms. The van der Waals surface area contributed by atoms with Gasteiger partial charge in [-0.15, -0.1) is 0 Å². The van der Waals surface area contributed by atoms with Crippen molar-refractivity contribution in [2.45, 2.75) is 12.3 Å². The maximum Gasteiger partial charge on any atom is 0.416 e. The number of alkyl halides is 3. The lowest BCUT2D eigenvalue weighted by atomic mass is 10.1. The summed E-state index contributed by atoms with van der Waals surface area (Å²) in [5.74, 6) is -1.75. The molecule has 2 heterocycles. The average molecular weight is 417 g/mol. The summed E-state index contributed by atoms with van der Waals surface area (Å²) in [5, 5.41) is 2.84. The van der Waals surface area contributed by atoms with Gasteiger partial charge in [0.2, 0.25) is 0 Å². The minimum Gasteiger partial charge on any atom is -0.468 e. The van der Waals surface area contributed by atoms with Crippen LogP contribution in [0.3, 0.4) is 0 Å². The number of rotatable bonds is 5. The van der Waals surface area contributed by atoms with Crippen molar-refractivity contribution >= 4 is 29.0 Å². The van der Waals surface area contributed by atoms with Crippen LogP contribution < -0.4 is 10.1 Å². The number of aromatic nitrogens is 2. The van der Waals surface area contributed by atoms with Crippen LogP contribution in [0.5, 0.6) is 5.88 Å². The number of hydrogen-bond donors (Lipinski definition) is 1. The van der Waals surface area contributed by atoms with E-state index in [9.17, 15) is 22.4 Å². The predicted octanol–water partition coefficient (Wildman–Crippen LogP) is 3.97. The van der Waals surface area contributed by atoms with Gasteiger partial charge in [-0.2, -0.15) is 18.2 Å². The fourth-order valence-corrected chi connectivity index (χ4v) is 2.53. The predicted molar refractivity (Wildman–Crippen MR) is 93.0 cm³/mol. The van der Waals surface area contributed by atoms with Gasteiger partial charge in [-0.3, -0.25) is 4.79 Å². The largest absolute Gasteiger partial charge is 0.468 e. The Labute approximate surface area is 161 Å². The summed E-state index contributed by atoms with van der Waals surface area (Å²) in [6.45, 7) is 3.18. The molecule has 6 nitrogen and oxygen atoms in total. The summed E-state index contributed by atoms with van der Waals surface area (Å²) in [6.07, 6.45) is -3.67. The zero-order valence-corrected chi connectivity index (χ0v) is 14.9. The van der Waals surface area contributed by atoms with Crippen molar-refractivity contribution in [1.82, 2.24) is 14.9 Å². The summed E-state index contributed by atoms with van der Waals surface area (Å²) < 4.78 is 56.4. The number of benzene rings is 1. The van der Waals surface area contributed by atoms with E-state index in [2.05, 4.69) is 21.9 Å². The molecule has 11 heteroatoms. The lowest BCUT2D eigenvalue weighted by Crippen LogP contribution is -2.56. The minimum absolute atomic E-state index is 0.00331. The topological polar surface area (TPSA) is 67.4 Å². The van der Waals surface area contributed by atoms with Crippen LogP contribution in [0, 0.1) is 0 Å². The Morgan fingerprint density at radius 2 is 1.93 bits per heavy atom. The molecule has 1 amide bonds. The second kappa shape index (κ2) is 7.63. The lowest BCUT2D eigenvalue weighted by molar-refractivity contribution is -0.138. The van der Waals surface area contributed by atoms with Crippen molar-refractivity contribution in [3.05, 3.63) is 53.6 Å². The van der Waals surface area contributed by atoms with Crippen molar-refractivity contribution in [2.75, 3.05) is 18.4 Å². The van der Waals surface area contributed by atoms with Gasteiger partial charge < -0.3 is 15.0 Å². The van der Waals surface area contributed by atoms with E-state index in [4.69, 9.17) is 16.3 Å². The van der Waals surface area contributed by atoms with E-state index in [1.54, 1.807) is 0 Å². The van der Waals surface area contributed by atoms with Gasteiger partial charge in [-0.25, -0.2) is 9.37 Å². The van der Waals surface area contributed by atoms with Crippen molar-refractivity contribution in [3.63, 3.8) is 0 Å². The highest BCUT2D eigenvalue weighted by Crippen LogP contribution is 2.32. The van der Waals surface area contributed by atoms with E-state index >= 15 is 0 Å². The molecular weight excluding hydrogens is 404 g/mol. The third-order valence-corrected chi connectivity index (χ3v) is 4.01. The van der Waals surface area contributed by atoms with Gasteiger partial charge in [-0.05, 0) is 24.3 Å². The normalized spacial score (nSPS) is 14.4. The van der Waals surface area contributed by atoms with Crippen LogP contribution in [0.1, 0.15) is 5.56 Å². The number of halogens is 5. The Morgan fingerprint density at radius 3 is 2.50 bits per heavy atom. The molecule has 3 rings (SSSR count). The van der Waals surface area contributed by atoms with Gasteiger partial charge in [-0.1, -0.05) is 18.2 Å². The van der Waals surface area contributed by atoms with Gasteiger partial charge in [0.15, 0.2) is 16.8 Å². The van der Waals surface area contributed by atoms with Gasteiger partial charge >= 0.3 is 6.18 Å². The Bertz CT molecular complexity index is 899. The molecule has 0 aliphatic carbocycles. The Balaban J connectivity index is 1.70. The molecule has 1 aliphatic heterocycles. The molecular formula is C17H13ClF4N4O2. The van der Waals surface area contributed by atoms with E-state index < -0.39 is 29.6 Å². The van der Waals surface area contributed by atoms with Gasteiger partial charge in [0.1, 0.15) is 6.10 Å². The fourth-order valence-electron chi connectivity index (χ4n) is 2.41. The smallest absolute Gasteiger partial charge is 0.416 e. The first-order valence-electron chi connectivity index (χ1n) is 7.90. The maximum absolute atomic E-state index is 12.8. The van der Waals surface area contributed by atoms with Crippen molar-refractivity contribution in [2.24, 2.45) is 0 Å². The first-order valence-corrected chi connectivity index (χ1v) is 8.28. The summed E-state index contributed by atoms with van der Waals surface area (Å²) >= 11 is 5.82. The van der Waals surface area contributed by atoms with Crippen molar-refractivity contribution in [3.8, 4) is 5.88 Å². The number of likely N-dealkylation sites (tertiary alicyclic amines) is 1. The molecule has 0 atom stereocenters. The summed E-state index contributed by atoms with van der Waals surface area (Å²) in [7, 11) is 0. The number of amides is 1. The standard InChI is InChI=1S/C17H13ClF4N4O2/c1-9(19)16(27)26-7-12(8-26)28-15-14(23-6-13(18)25-15)24-11-4-2-10(3-5-11)17(20,21)22/h2-6,12H,1,7-8H2,(H,23,24). The van der Waals surface area contributed by atoms with E-state index in [0.29, 0.717) is 5.69 Å². The van der Waals surface area contributed by atoms with E-state index in [0.717, 1.165) is 12.1 Å². The van der Waals surface area contributed by atoms with Crippen molar-refractivity contribution < 1.29 is 27.1 Å². The number of carbonyl (C=O) groups is 1. The molecule has 0 unspecified atom stereocenters. The van der Waals surface area contributed by atoms with Crippen LogP contribution in [-0.2, 0) is 11.0 Å². The highest BCUT2D eigenvalue weighted by Gasteiger charge is 2.34. The SMILES string of the molecule is C=C(F)C(=O)N1CC(Oc2nc(Cl)cnc2Nc2ccc(C(F)(F)F)cc2)C1. The number of anilines is 2. The van der Waals surface area contributed by atoms with Gasteiger partial charge in [0.05, 0.1) is 24.8 Å². The third-order valence-electron chi connectivity index (χ3n) is 3.83. The second-order valence-corrected chi connectivity index (χ2v) is 6.29. The first-order chi connectivity index (χ1) is 13.1. The fraction of sp³-hybridized carbons (Fsp3) is 0.235. The van der Waals surface area contributed by atoms with Crippen molar-refractivity contribution in [1.29, 1.82) is 0 Å². The molecule has 2 aromatic rings. The molecule has 0 saturated carbocycles. The Hall–Kier alpha value is -2.88. The number of ether oxygens (including phenoxy) is 1. The number of nitrogens with one attached hydrogen (secondary N) is 1. The molecule has 28 heavy (non-hydrogen) atoms. The number of carbonyl (C=O) groups excluding carboxylic acids is 1. The summed E-state index contributed by atoms with van der Waals surface area (Å²) in [6, 6.07) is 4.32. The van der Waals surface area contributed by atoms with Gasteiger partial charge in [0, 0.05) is 5.69 Å². The molecule has 148 valence electrons. The summed E-state index contributed by atoms with van der Waals surface area (Å²) in [4.78, 5) is 20.7.